The van der Waals surface area contributed by atoms with Crippen molar-refractivity contribution in [3.63, 3.8) is 0 Å². The van der Waals surface area contributed by atoms with Crippen molar-refractivity contribution in [1.29, 1.82) is 0 Å². The van der Waals surface area contributed by atoms with Gasteiger partial charge in [0.2, 0.25) is 0 Å². The minimum absolute atomic E-state index is 0.0107. The number of non-ortho nitro benzene ring substituents is 1. The van der Waals surface area contributed by atoms with Gasteiger partial charge in [0.05, 0.1) is 37.1 Å². The van der Waals surface area contributed by atoms with E-state index in [9.17, 15) is 23.3 Å². The van der Waals surface area contributed by atoms with Gasteiger partial charge < -0.3 is 43.8 Å². The molecule has 586 valence electrons. The number of thiol groups is 7. The predicted octanol–water partition coefficient (Wildman–Crippen LogP) is 22.1. The number of nitro benzene ring substituents is 1. The molecule has 103 heavy (non-hydrogen) atoms. The molecule has 0 unspecified atom stereocenters. The molecule has 3 aliphatic carbocycles. The SMILES string of the molecule is C=CCCCCO.CC(C)(C)[Si](C)(C)OCCS.CC(C)CCS.COc1ccc(CS)cc1.FC(F)(F)c1cccc(CS)c1.O=[N+]([O-])c1cccc(CO)c1.OCC1CC1.OCCCC1CCCC1.OCCCOc1ccccc1.SC1CCCC1.SCc1ccccc1.SCc1ccco1. The number of benzene rings is 5. The van der Waals surface area contributed by atoms with Crippen LogP contribution in [0.25, 0.3) is 0 Å². The number of nitro groups is 1. The molecule has 9 rings (SSSR count). The van der Waals surface area contributed by atoms with Gasteiger partial charge in [0.1, 0.15) is 17.3 Å². The normalized spacial score (nSPS) is 12.7. The Morgan fingerprint density at radius 2 is 1.15 bits per heavy atom. The Labute approximate surface area is 658 Å². The second kappa shape index (κ2) is 68.8. The van der Waals surface area contributed by atoms with Gasteiger partial charge in [-0.2, -0.15) is 102 Å². The van der Waals surface area contributed by atoms with Crippen LogP contribution in [-0.2, 0) is 40.2 Å². The van der Waals surface area contributed by atoms with E-state index in [1.54, 1.807) is 31.6 Å². The van der Waals surface area contributed by atoms with Crippen molar-refractivity contribution in [1.82, 2.24) is 0 Å². The topological polar surface area (TPSA) is 185 Å². The smallest absolute Gasteiger partial charge is 0.416 e. The average Bonchev–Trinajstić information content (AvgIpc) is 1.70. The zero-order valence-corrected chi connectivity index (χ0v) is 69.9. The first-order chi connectivity index (χ1) is 49.2. The van der Waals surface area contributed by atoms with Crippen LogP contribution in [0, 0.1) is 27.9 Å². The number of furan rings is 1. The molecule has 0 radical (unpaired) electrons. The molecule has 6 aromatic rings. The molecule has 0 amide bonds. The predicted molar refractivity (Wildman–Crippen MR) is 454 cm³/mol. The van der Waals surface area contributed by atoms with Gasteiger partial charge in [-0.15, -0.1) is 6.58 Å². The Kier molecular flexibility index (Phi) is 69.2. The Morgan fingerprint density at radius 1 is 0.612 bits per heavy atom. The number of alkyl halides is 3. The van der Waals surface area contributed by atoms with Crippen LogP contribution in [0.4, 0.5) is 18.9 Å². The zero-order chi connectivity index (χ0) is 78.0. The van der Waals surface area contributed by atoms with Crippen LogP contribution in [0.3, 0.4) is 0 Å². The molecule has 12 nitrogen and oxygen atoms in total. The monoisotopic (exact) mass is 1590 g/mol. The number of hydrogen-bond acceptors (Lipinski definition) is 18. The van der Waals surface area contributed by atoms with Gasteiger partial charge in [0.15, 0.2) is 8.32 Å². The lowest BCUT2D eigenvalue weighted by molar-refractivity contribution is -0.384. The summed E-state index contributed by atoms with van der Waals surface area (Å²) in [4.78, 5) is 9.71. The Bertz CT molecular complexity index is 2790. The highest BCUT2D eigenvalue weighted by atomic mass is 32.1. The largest absolute Gasteiger partial charge is 0.497 e. The molecule has 0 bridgehead atoms. The molecule has 0 saturated heterocycles. The third-order valence-corrected chi connectivity index (χ3v) is 22.5. The third kappa shape index (κ3) is 63.0. The van der Waals surface area contributed by atoms with Crippen LogP contribution in [-0.4, -0.2) is 102 Å². The third-order valence-electron chi connectivity index (χ3n) is 15.6. The molecule has 0 spiro atoms. The summed E-state index contributed by atoms with van der Waals surface area (Å²) in [7, 11) is 0.188. The summed E-state index contributed by atoms with van der Waals surface area (Å²) < 4.78 is 57.2. The molecule has 5 aromatic carbocycles. The molecule has 5 N–H and O–H groups in total. The summed E-state index contributed by atoms with van der Waals surface area (Å²) in [5.41, 5.74) is 3.01. The molecule has 3 aliphatic rings. The lowest BCUT2D eigenvalue weighted by Crippen LogP contribution is -2.41. The van der Waals surface area contributed by atoms with Crippen molar-refractivity contribution >= 4 is 102 Å². The highest BCUT2D eigenvalue weighted by Crippen LogP contribution is 2.36. The van der Waals surface area contributed by atoms with Crippen molar-refractivity contribution in [2.24, 2.45) is 17.8 Å². The summed E-state index contributed by atoms with van der Waals surface area (Å²) in [5.74, 6) is 9.62. The Balaban J connectivity index is -0.00000107. The fraction of sp³-hybridized carbons (Fsp3) is 0.550. The van der Waals surface area contributed by atoms with Gasteiger partial charge in [0.25, 0.3) is 5.69 Å². The number of rotatable bonds is 24. The molecular formula is C80H128F3NO11S7Si. The summed E-state index contributed by atoms with van der Waals surface area (Å²) in [6, 6.07) is 42.5. The van der Waals surface area contributed by atoms with Crippen molar-refractivity contribution in [3.8, 4) is 11.5 Å². The lowest BCUT2D eigenvalue weighted by atomic mass is 10.0. The van der Waals surface area contributed by atoms with E-state index in [2.05, 4.69) is 155 Å². The van der Waals surface area contributed by atoms with Crippen LogP contribution in [0.15, 0.2) is 169 Å². The second-order valence-electron chi connectivity index (χ2n) is 25.9. The first kappa shape index (κ1) is 104. The van der Waals surface area contributed by atoms with Crippen LogP contribution in [0.5, 0.6) is 11.5 Å². The molecule has 3 saturated carbocycles. The van der Waals surface area contributed by atoms with Gasteiger partial charge in [-0.25, -0.2) is 0 Å². The van der Waals surface area contributed by atoms with Crippen molar-refractivity contribution < 1.29 is 61.9 Å². The standard InChI is InChI=1S/C9H12O2.C8H7F3S.C8H20OSSi.C8H10OS.C8H16O.C7H7NO3.C7H8S.C6H12O.C5H6OS.C5H10S.C5H12S.C4H8O/c10-7-4-8-11-9-5-2-1-3-6-9;9-8(10,11)7-3-1-2-6(4-7)5-12;1-8(2,3)11(4,5)9-6-7-10;1-9-8-4-2-7(6-10)3-5-8;9-7-3-6-8-4-1-2-5-8;9-5-6-2-1-3-7(4-6)8(10)11;8-6-7-4-2-1-3-5-7;1-2-3-4-5-6-7;7-4-5-2-1-3-6-5;6-5-3-1-2-4-5;1-5(2)3-4-6;5-3-4-1-2-4/h1-3,5-6,10H,4,7-8H2;1-4,12H,5H2;10H,6-7H2,1-5H3;2-5,10H,6H2,1H3;8-9H,1-7H2;1-4,9H,5H2;1-5,8H,6H2;2,7H,1,3-6H2;1-3,7H,4H2;5-6H,1-4H2;5-6H,3-4H2,1-2H3;4-5H,1-3H2. The highest BCUT2D eigenvalue weighted by molar-refractivity contribution is 7.81. The number of methoxy groups -OCH3 is 1. The van der Waals surface area contributed by atoms with Gasteiger partial charge in [-0.3, -0.25) is 10.1 Å². The number of nitrogens with zero attached hydrogens (tertiary/aromatic N) is 1. The van der Waals surface area contributed by atoms with Crippen molar-refractivity contribution in [3.05, 3.63) is 208 Å². The van der Waals surface area contributed by atoms with Gasteiger partial charge >= 0.3 is 6.18 Å². The van der Waals surface area contributed by atoms with E-state index in [-0.39, 0.29) is 18.9 Å². The second-order valence-corrected chi connectivity index (χ2v) is 33.6. The van der Waals surface area contributed by atoms with Crippen LogP contribution in [0.1, 0.15) is 177 Å². The van der Waals surface area contributed by atoms with E-state index in [0.717, 1.165) is 102 Å². The fourth-order valence-corrected chi connectivity index (χ4v) is 11.2. The number of aliphatic hydroxyl groups excluding tert-OH is 5. The average molecular weight is 1590 g/mol. The first-order valence-corrected chi connectivity index (χ1v) is 42.8. The van der Waals surface area contributed by atoms with E-state index in [1.165, 1.54) is 106 Å². The summed E-state index contributed by atoms with van der Waals surface area (Å²) >= 11 is 28.6. The van der Waals surface area contributed by atoms with Crippen molar-refractivity contribution in [2.45, 2.75) is 203 Å². The Hall–Kier alpha value is -3.66. The number of hydrogen-bond donors (Lipinski definition) is 12. The van der Waals surface area contributed by atoms with Gasteiger partial charge in [-0.1, -0.05) is 170 Å². The number of unbranched alkanes of at least 4 members (excludes halogenated alkanes) is 2. The van der Waals surface area contributed by atoms with E-state index >= 15 is 0 Å². The summed E-state index contributed by atoms with van der Waals surface area (Å²) in [6.45, 7) is 21.7. The molecule has 0 atom stereocenters. The number of aliphatic hydroxyl groups is 5. The minimum Gasteiger partial charge on any atom is -0.497 e. The first-order valence-electron chi connectivity index (χ1n) is 35.6. The molecule has 3 fully saturated rings. The lowest BCUT2D eigenvalue weighted by Gasteiger charge is -2.35. The van der Waals surface area contributed by atoms with E-state index in [0.29, 0.717) is 66.4 Å². The highest BCUT2D eigenvalue weighted by Gasteiger charge is 2.36. The van der Waals surface area contributed by atoms with Gasteiger partial charge in [-0.05, 0) is 171 Å². The summed E-state index contributed by atoms with van der Waals surface area (Å²) in [6.07, 6.45) is 20.2. The van der Waals surface area contributed by atoms with Gasteiger partial charge in [0, 0.05) is 85.6 Å². The molecule has 1 heterocycles. The quantitative estimate of drug-likeness (QED) is 0.00691. The number of allylic oxidation sites excluding steroid dienone is 1. The number of para-hydroxylation sites is 1. The van der Waals surface area contributed by atoms with Crippen LogP contribution >= 0.6 is 88.4 Å². The van der Waals surface area contributed by atoms with Crippen molar-refractivity contribution in [2.75, 3.05) is 58.3 Å². The van der Waals surface area contributed by atoms with Crippen LogP contribution in [0.2, 0.25) is 18.1 Å². The molecule has 23 heteroatoms. The maximum atomic E-state index is 12.1. The van der Waals surface area contributed by atoms with E-state index in [4.69, 9.17) is 43.8 Å². The molecular weight excluding hydrogens is 1460 g/mol. The maximum absolute atomic E-state index is 12.1. The molecule has 0 aliphatic heterocycles. The fourth-order valence-electron chi connectivity index (χ4n) is 8.16. The Morgan fingerprint density at radius 3 is 1.52 bits per heavy atom. The molecule has 1 aromatic heterocycles. The number of ether oxygens (including phenoxy) is 2. The van der Waals surface area contributed by atoms with Crippen LogP contribution < -0.4 is 9.47 Å². The maximum Gasteiger partial charge on any atom is 0.416 e. The van der Waals surface area contributed by atoms with E-state index in [1.807, 2.05) is 91.0 Å². The number of halogens is 3. The van der Waals surface area contributed by atoms with E-state index < -0.39 is 25.0 Å². The summed E-state index contributed by atoms with van der Waals surface area (Å²) in [5, 5.41) is 53.3. The minimum atomic E-state index is -4.25. The zero-order valence-electron chi connectivity index (χ0n) is 62.6.